The van der Waals surface area contributed by atoms with Crippen LogP contribution in [0.15, 0.2) is 24.3 Å². The number of ether oxygens (including phenoxy) is 1. The maximum Gasteiger partial charge on any atom is 0.237 e. The Hall–Kier alpha value is -1.10. The Morgan fingerprint density at radius 3 is 2.74 bits per heavy atom. The number of halogens is 1. The lowest BCUT2D eigenvalue weighted by atomic mass is 10.1. The van der Waals surface area contributed by atoms with E-state index >= 15 is 0 Å². The lowest BCUT2D eigenvalue weighted by Gasteiger charge is -2.11. The summed E-state index contributed by atoms with van der Waals surface area (Å²) in [5, 5.41) is 2.85. The number of nitrogens with one attached hydrogen (secondary N) is 1. The van der Waals surface area contributed by atoms with Gasteiger partial charge in [0, 0.05) is 13.7 Å². The number of amides is 1. The van der Waals surface area contributed by atoms with Crippen molar-refractivity contribution in [3.8, 4) is 0 Å². The zero-order valence-electron chi connectivity index (χ0n) is 11.5. The summed E-state index contributed by atoms with van der Waals surface area (Å²) in [6.45, 7) is 3.10. The Bertz CT molecular complexity index is 385. The first kappa shape index (κ1) is 17.9. The lowest BCUT2D eigenvalue weighted by molar-refractivity contribution is -0.122. The number of nitrogens with two attached hydrogens (primary N) is 1. The largest absolute Gasteiger partial charge is 0.380 e. The van der Waals surface area contributed by atoms with Crippen molar-refractivity contribution in [3.05, 3.63) is 35.4 Å². The number of carbonyl (C=O) groups excluding carboxylic acids is 1. The number of hydrogen-bond donors (Lipinski definition) is 2. The second kappa shape index (κ2) is 9.78. The maximum atomic E-state index is 11.7. The molecule has 0 aromatic heterocycles. The molecule has 0 radical (unpaired) electrons. The SMILES string of the molecule is CCCC(N)C(=O)NCc1cccc(COC)c1.Cl. The van der Waals surface area contributed by atoms with E-state index in [1.807, 2.05) is 31.2 Å². The van der Waals surface area contributed by atoms with Crippen LogP contribution < -0.4 is 11.1 Å². The molecule has 0 aliphatic rings. The smallest absolute Gasteiger partial charge is 0.237 e. The van der Waals surface area contributed by atoms with Crippen molar-refractivity contribution >= 4 is 18.3 Å². The highest BCUT2D eigenvalue weighted by Gasteiger charge is 2.11. The average molecular weight is 287 g/mol. The van der Waals surface area contributed by atoms with Gasteiger partial charge < -0.3 is 15.8 Å². The van der Waals surface area contributed by atoms with Crippen molar-refractivity contribution in [1.82, 2.24) is 5.32 Å². The molecule has 19 heavy (non-hydrogen) atoms. The molecule has 1 aromatic rings. The fraction of sp³-hybridized carbons (Fsp3) is 0.500. The topological polar surface area (TPSA) is 64.4 Å². The molecule has 0 aliphatic carbocycles. The number of benzene rings is 1. The zero-order chi connectivity index (χ0) is 13.4. The zero-order valence-corrected chi connectivity index (χ0v) is 12.3. The summed E-state index contributed by atoms with van der Waals surface area (Å²) in [4.78, 5) is 11.7. The fourth-order valence-electron chi connectivity index (χ4n) is 1.76. The van der Waals surface area contributed by atoms with E-state index in [1.54, 1.807) is 7.11 Å². The number of hydrogen-bond acceptors (Lipinski definition) is 3. The minimum absolute atomic E-state index is 0. The van der Waals surface area contributed by atoms with Crippen LogP contribution in [0.1, 0.15) is 30.9 Å². The molecule has 1 amide bonds. The van der Waals surface area contributed by atoms with E-state index in [4.69, 9.17) is 10.5 Å². The average Bonchev–Trinajstić information content (AvgIpc) is 2.37. The molecule has 0 spiro atoms. The summed E-state index contributed by atoms with van der Waals surface area (Å²) in [6.07, 6.45) is 1.63. The van der Waals surface area contributed by atoms with E-state index in [2.05, 4.69) is 5.32 Å². The van der Waals surface area contributed by atoms with Crippen LogP contribution >= 0.6 is 12.4 Å². The van der Waals surface area contributed by atoms with E-state index in [0.29, 0.717) is 13.2 Å². The van der Waals surface area contributed by atoms with Crippen LogP contribution in [0.3, 0.4) is 0 Å². The van der Waals surface area contributed by atoms with E-state index in [-0.39, 0.29) is 18.3 Å². The first-order chi connectivity index (χ1) is 8.67. The first-order valence-electron chi connectivity index (χ1n) is 6.27. The standard InChI is InChI=1S/C14H22N2O2.ClH/c1-3-5-13(15)14(17)16-9-11-6-4-7-12(8-11)10-18-2;/h4,6-8,13H,3,5,9-10,15H2,1-2H3,(H,16,17);1H. The summed E-state index contributed by atoms with van der Waals surface area (Å²) < 4.78 is 5.07. The van der Waals surface area contributed by atoms with Gasteiger partial charge in [0.05, 0.1) is 12.6 Å². The van der Waals surface area contributed by atoms with Crippen molar-refractivity contribution in [3.63, 3.8) is 0 Å². The third-order valence-electron chi connectivity index (χ3n) is 2.71. The lowest BCUT2D eigenvalue weighted by Crippen LogP contribution is -2.40. The van der Waals surface area contributed by atoms with Crippen LogP contribution in [0.25, 0.3) is 0 Å². The Morgan fingerprint density at radius 1 is 1.42 bits per heavy atom. The van der Waals surface area contributed by atoms with Gasteiger partial charge >= 0.3 is 0 Å². The molecule has 3 N–H and O–H groups in total. The minimum atomic E-state index is -0.405. The van der Waals surface area contributed by atoms with E-state index in [1.165, 1.54) is 0 Å². The quantitative estimate of drug-likeness (QED) is 0.806. The summed E-state index contributed by atoms with van der Waals surface area (Å²) in [5.74, 6) is -0.0889. The van der Waals surface area contributed by atoms with Crippen molar-refractivity contribution in [2.45, 2.75) is 39.0 Å². The molecule has 0 bridgehead atoms. The molecule has 4 nitrogen and oxygen atoms in total. The number of rotatable bonds is 7. The van der Waals surface area contributed by atoms with E-state index in [0.717, 1.165) is 24.0 Å². The summed E-state index contributed by atoms with van der Waals surface area (Å²) >= 11 is 0. The van der Waals surface area contributed by atoms with Gasteiger partial charge in [-0.25, -0.2) is 0 Å². The predicted molar refractivity (Wildman–Crippen MR) is 79.1 cm³/mol. The molecule has 5 heteroatoms. The van der Waals surface area contributed by atoms with Gasteiger partial charge in [-0.05, 0) is 17.5 Å². The van der Waals surface area contributed by atoms with Crippen LogP contribution in [0.2, 0.25) is 0 Å². The van der Waals surface area contributed by atoms with Gasteiger partial charge in [0.2, 0.25) is 5.91 Å². The third kappa shape index (κ3) is 6.57. The minimum Gasteiger partial charge on any atom is -0.380 e. The van der Waals surface area contributed by atoms with Gasteiger partial charge in [0.1, 0.15) is 0 Å². The van der Waals surface area contributed by atoms with Gasteiger partial charge in [-0.15, -0.1) is 12.4 Å². The van der Waals surface area contributed by atoms with Gasteiger partial charge in [-0.2, -0.15) is 0 Å². The summed E-state index contributed by atoms with van der Waals surface area (Å²) in [6, 6.07) is 7.55. The third-order valence-corrected chi connectivity index (χ3v) is 2.71. The molecule has 0 saturated carbocycles. The summed E-state index contributed by atoms with van der Waals surface area (Å²) in [7, 11) is 1.66. The molecule has 0 aliphatic heterocycles. The van der Waals surface area contributed by atoms with Gasteiger partial charge in [-0.1, -0.05) is 37.6 Å². The molecular formula is C14H23ClN2O2. The second-order valence-corrected chi connectivity index (χ2v) is 4.37. The molecule has 0 saturated heterocycles. The Balaban J connectivity index is 0.00000324. The maximum absolute atomic E-state index is 11.7. The van der Waals surface area contributed by atoms with Crippen molar-refractivity contribution in [2.24, 2.45) is 5.73 Å². The van der Waals surface area contributed by atoms with Crippen molar-refractivity contribution < 1.29 is 9.53 Å². The molecule has 1 rings (SSSR count). The Kier molecular flexibility index (Phi) is 9.21. The fourth-order valence-corrected chi connectivity index (χ4v) is 1.76. The first-order valence-corrected chi connectivity index (χ1v) is 6.27. The van der Waals surface area contributed by atoms with Crippen LogP contribution in [-0.2, 0) is 22.7 Å². The number of carbonyl (C=O) groups is 1. The van der Waals surface area contributed by atoms with E-state index in [9.17, 15) is 4.79 Å². The van der Waals surface area contributed by atoms with E-state index < -0.39 is 6.04 Å². The van der Waals surface area contributed by atoms with Crippen LogP contribution in [-0.4, -0.2) is 19.1 Å². The molecule has 0 heterocycles. The molecular weight excluding hydrogens is 264 g/mol. The van der Waals surface area contributed by atoms with Crippen molar-refractivity contribution in [2.75, 3.05) is 7.11 Å². The van der Waals surface area contributed by atoms with Gasteiger partial charge in [0.15, 0.2) is 0 Å². The molecule has 1 aromatic carbocycles. The molecule has 0 fully saturated rings. The van der Waals surface area contributed by atoms with Gasteiger partial charge in [0.25, 0.3) is 0 Å². The van der Waals surface area contributed by atoms with Crippen LogP contribution in [0, 0.1) is 0 Å². The molecule has 1 unspecified atom stereocenters. The Morgan fingerprint density at radius 2 is 2.11 bits per heavy atom. The van der Waals surface area contributed by atoms with Gasteiger partial charge in [-0.3, -0.25) is 4.79 Å². The normalized spacial score (nSPS) is 11.5. The van der Waals surface area contributed by atoms with Crippen LogP contribution in [0.5, 0.6) is 0 Å². The monoisotopic (exact) mass is 286 g/mol. The number of methoxy groups -OCH3 is 1. The van der Waals surface area contributed by atoms with Crippen LogP contribution in [0.4, 0.5) is 0 Å². The highest BCUT2D eigenvalue weighted by Crippen LogP contribution is 2.06. The molecule has 108 valence electrons. The summed E-state index contributed by atoms with van der Waals surface area (Å²) in [5.41, 5.74) is 7.89. The second-order valence-electron chi connectivity index (χ2n) is 4.37. The highest BCUT2D eigenvalue weighted by molar-refractivity contribution is 5.85. The Labute approximate surface area is 121 Å². The predicted octanol–water partition coefficient (Wildman–Crippen LogP) is 2.00. The highest BCUT2D eigenvalue weighted by atomic mass is 35.5. The molecule has 1 atom stereocenters. The van der Waals surface area contributed by atoms with Crippen molar-refractivity contribution in [1.29, 1.82) is 0 Å².